The Bertz CT molecular complexity index is 9120. The van der Waals surface area contributed by atoms with E-state index in [9.17, 15) is 30.2 Å². The SMILES string of the molecule is [2H]c1c(-c2c3c([2H])c([2H])c([2H])c([2H])c3c(-c3c([2H])c([2H])c4c([2H])c([2H])c([2H])c([2H])c4c3[2H])c3c([2H])c([2H])c([2H])c([2H])c23)c([2H])c2c(sc3c([2H])c4c([2H])c([2H])c([2H])c([2H])c4c([2H])c32)c1[2H].[2H]c1c([2H])c(-c2c3c([2H])c([2H])c([2H])c([2H])c3c(-c3c([2H])c([2H])c([2H])c4c([2H])c([2H])c([2H])c([2H])c34)c3c([2H])c([2H])c([2H])c([2H])c23)c([2H])c([2H])c1-c1c([2H])c([2H])c2sc3c([2H])c4c([2H])c([2H])c([2H])c([2H])c4c([2H])c3c2c1[2H]. The molecule has 408 valence electrons. The lowest BCUT2D eigenvalue weighted by molar-refractivity contribution is 1.64. The van der Waals surface area contributed by atoms with Crippen LogP contribution in [0.25, 0.3) is 182 Å². The monoisotopic (exact) mass is 1200 g/mol. The van der Waals surface area contributed by atoms with Gasteiger partial charge in [0.1, 0.15) is 0 Å². The van der Waals surface area contributed by atoms with Crippen LogP contribution in [0.2, 0.25) is 0 Å². The minimum atomic E-state index is -1.08. The predicted molar refractivity (Wildman–Crippen MR) is 386 cm³/mol. The maximum absolute atomic E-state index is 9.80. The summed E-state index contributed by atoms with van der Waals surface area (Å²) in [6, 6.07) is -43.4. The molecule has 0 nitrogen and oxygen atoms in total. The zero-order chi connectivity index (χ0) is 103. The van der Waals surface area contributed by atoms with E-state index in [4.69, 9.17) is 41.1 Å². The molecule has 0 aliphatic carbocycles. The van der Waals surface area contributed by atoms with Gasteiger partial charge < -0.3 is 0 Å². The van der Waals surface area contributed by atoms with E-state index in [2.05, 4.69) is 0 Å². The maximum Gasteiger partial charge on any atom is 0.0644 e. The van der Waals surface area contributed by atoms with E-state index in [1.165, 1.54) is 0 Å². The lowest BCUT2D eigenvalue weighted by Crippen LogP contribution is -1.91. The first-order valence-corrected chi connectivity index (χ1v) is 27.7. The molecule has 0 N–H and O–H groups in total. The van der Waals surface area contributed by atoms with Crippen LogP contribution in [-0.2, 0) is 0 Å². The van der Waals surface area contributed by atoms with Crippen LogP contribution >= 0.6 is 22.7 Å². The van der Waals surface area contributed by atoms with E-state index < -0.39 is 434 Å². The predicted octanol–water partition coefficient (Wildman–Crippen LogP) is 25.7. The van der Waals surface area contributed by atoms with Crippen molar-refractivity contribution in [3.05, 3.63) is 314 Å². The Morgan fingerprint density at radius 1 is 0.170 bits per heavy atom. The average molecular weight is 1200 g/mol. The number of hydrogen-bond acceptors (Lipinski definition) is 2. The van der Waals surface area contributed by atoms with Crippen LogP contribution < -0.4 is 0 Å². The van der Waals surface area contributed by atoms with Gasteiger partial charge in [0, 0.05) is 40.3 Å². The van der Waals surface area contributed by atoms with Gasteiger partial charge in [0.2, 0.25) is 0 Å². The molecule has 0 fully saturated rings. The summed E-state index contributed by atoms with van der Waals surface area (Å²) in [4.78, 5) is 0. The van der Waals surface area contributed by atoms with E-state index in [1.807, 2.05) is 0 Å². The van der Waals surface area contributed by atoms with Crippen molar-refractivity contribution in [3.8, 4) is 55.6 Å². The molecular weight excluding hydrogens is 1100 g/mol. The molecule has 2 heteroatoms. The maximum atomic E-state index is 9.80. The second kappa shape index (κ2) is 20.5. The summed E-state index contributed by atoms with van der Waals surface area (Å²) in [7, 11) is 0. The van der Waals surface area contributed by atoms with E-state index >= 15 is 0 Å². The van der Waals surface area contributed by atoms with Gasteiger partial charge in [-0.15, -0.1) is 22.7 Å². The third kappa shape index (κ3) is 8.25. The van der Waals surface area contributed by atoms with E-state index in [-0.39, 0.29) is 61.9 Å². The molecule has 0 unspecified atom stereocenters. The van der Waals surface area contributed by atoms with E-state index in [0.717, 1.165) is 0 Å². The van der Waals surface area contributed by atoms with Crippen LogP contribution in [0.5, 0.6) is 0 Å². The second-order valence-electron chi connectivity index (χ2n) is 19.3. The molecule has 0 saturated carbocycles. The summed E-state index contributed by atoms with van der Waals surface area (Å²) < 4.78 is 466. The fourth-order valence-corrected chi connectivity index (χ4v) is 12.6. The van der Waals surface area contributed by atoms with Crippen molar-refractivity contribution in [2.75, 3.05) is 0 Å². The fraction of sp³-hybridized carbons (Fsp3) is 0. The largest absolute Gasteiger partial charge is 0.135 e. The molecule has 88 heavy (non-hydrogen) atoms. The Labute approximate surface area is 589 Å². The molecule has 17 aromatic carbocycles. The van der Waals surface area contributed by atoms with Gasteiger partial charge in [-0.05, 0) is 196 Å². The van der Waals surface area contributed by atoms with Crippen molar-refractivity contribution in [2.24, 2.45) is 0 Å². The Hall–Kier alpha value is -10.7. The fourth-order valence-electron chi connectivity index (χ4n) is 10.7. The smallest absolute Gasteiger partial charge is 0.0644 e. The quantitative estimate of drug-likeness (QED) is 0.151. The topological polar surface area (TPSA) is 0 Å². The zero-order valence-corrected chi connectivity index (χ0v) is 45.4. The highest BCUT2D eigenvalue weighted by Crippen LogP contribution is 2.49. The Balaban J connectivity index is 0.000000187. The highest BCUT2D eigenvalue weighted by molar-refractivity contribution is 7.26. The number of rotatable bonds is 5. The summed E-state index contributed by atoms with van der Waals surface area (Å²) in [5.74, 6) is 0. The summed E-state index contributed by atoms with van der Waals surface area (Å²) >= 11 is 1.38. The highest BCUT2D eigenvalue weighted by Gasteiger charge is 2.21. The first kappa shape index (κ1) is 21.0. The van der Waals surface area contributed by atoms with Crippen LogP contribution in [0.4, 0.5) is 0 Å². The average Bonchev–Trinajstić information content (AvgIpc) is 1.32. The summed E-state index contributed by atoms with van der Waals surface area (Å²) in [5.41, 5.74) is -7.07. The van der Waals surface area contributed by atoms with Crippen molar-refractivity contribution >= 4 is 149 Å². The Kier molecular flexibility index (Phi) is 4.89. The molecule has 0 radical (unpaired) electrons. The first-order valence-electron chi connectivity index (χ1n) is 52.1. The lowest BCUT2D eigenvalue weighted by atomic mass is 9.84. The van der Waals surface area contributed by atoms with Crippen molar-refractivity contribution in [2.45, 2.75) is 0 Å². The highest BCUT2D eigenvalue weighted by atomic mass is 32.1. The number of fused-ring (bicyclic) bond motifs is 14. The van der Waals surface area contributed by atoms with Crippen LogP contribution in [0, 0.1) is 0 Å². The first-order chi connectivity index (χ1) is 65.3. The van der Waals surface area contributed by atoms with Gasteiger partial charge in [-0.3, -0.25) is 0 Å². The zero-order valence-electron chi connectivity index (χ0n) is 95.8. The van der Waals surface area contributed by atoms with Gasteiger partial charge in [0.05, 0.1) is 71.3 Å². The molecule has 0 aliphatic rings. The van der Waals surface area contributed by atoms with E-state index in [0.29, 0.717) is 22.7 Å². The number of benzene rings is 17. The second-order valence-corrected chi connectivity index (χ2v) is 21.3. The molecule has 0 spiro atoms. The summed E-state index contributed by atoms with van der Waals surface area (Å²) in [6.45, 7) is 0. The van der Waals surface area contributed by atoms with Crippen LogP contribution in [0.1, 0.15) is 71.3 Å². The lowest BCUT2D eigenvalue weighted by Gasteiger charge is -2.19. The normalized spacial score (nSPS) is 20.1. The van der Waals surface area contributed by atoms with Gasteiger partial charge in [0.15, 0.2) is 0 Å². The molecule has 19 aromatic rings. The number of thiophene rings is 2. The van der Waals surface area contributed by atoms with Crippen molar-refractivity contribution in [1.29, 1.82) is 0 Å². The molecular formula is C86H52S2. The molecule has 19 rings (SSSR count). The Morgan fingerprint density at radius 3 is 0.989 bits per heavy atom. The standard InChI is InChI=1S/C46H28S.C40H24S/c1-2-12-33-28-44-42(26-32(33)11-1)41-27-34(24-25-43(41)47-44)29-20-22-31(23-21-29)45-37-15-5-7-17-39(37)46(40-18-8-6-16-38(40)45)36-19-9-13-30-10-3-4-14-35(30)36;1-2-10-26-21-29(18-17-25(26)9-1)39-31-13-5-7-15-33(31)40(34-16-8-6-14-32(34)39)30-19-20-37-35(23-30)36-22-27-11-3-4-12-28(27)24-38(36)41-37/h1-28H;1-24H/i1D,2D,3D,4D,5D,6D,7D,8D,9D,10D,11D,12D,13D,14D,15D,16D,17D,18D,19D,20D,21D,22D,23D,24D,25D,26D,27D,28D;1D,2D,3D,4D,5D,6D,7D,8D,9D,10D,11D,12D,13D,14D,15D,16D,17D,18D,19D,20D,21D,22D,23D,24D. The Morgan fingerprint density at radius 2 is 0.489 bits per heavy atom. The summed E-state index contributed by atoms with van der Waals surface area (Å²) in [5, 5.41) is -10.3. The molecule has 0 aliphatic heterocycles. The molecule has 2 aromatic heterocycles. The third-order valence-corrected chi connectivity index (χ3v) is 16.5. The van der Waals surface area contributed by atoms with Gasteiger partial charge in [-0.1, -0.05) is 260 Å². The molecule has 0 saturated heterocycles. The molecule has 0 amide bonds. The van der Waals surface area contributed by atoms with Crippen LogP contribution in [-0.4, -0.2) is 0 Å². The molecule has 0 bridgehead atoms. The van der Waals surface area contributed by atoms with Crippen molar-refractivity contribution in [1.82, 2.24) is 0 Å². The molecule has 0 atom stereocenters. The number of hydrogen-bond donors (Lipinski definition) is 0. The van der Waals surface area contributed by atoms with Crippen LogP contribution in [0.15, 0.2) is 314 Å². The van der Waals surface area contributed by atoms with Gasteiger partial charge in [0.25, 0.3) is 0 Å². The van der Waals surface area contributed by atoms with Gasteiger partial charge in [-0.2, -0.15) is 0 Å². The minimum absolute atomic E-state index is 0.0959. The van der Waals surface area contributed by atoms with Crippen molar-refractivity contribution in [3.63, 3.8) is 0 Å². The van der Waals surface area contributed by atoms with Crippen LogP contribution in [0.3, 0.4) is 0 Å². The van der Waals surface area contributed by atoms with Gasteiger partial charge in [-0.25, -0.2) is 0 Å². The summed E-state index contributed by atoms with van der Waals surface area (Å²) in [6.07, 6.45) is 0. The van der Waals surface area contributed by atoms with Crippen molar-refractivity contribution < 1.29 is 71.3 Å². The van der Waals surface area contributed by atoms with E-state index in [1.54, 1.807) is 0 Å². The molecule has 2 heterocycles. The van der Waals surface area contributed by atoms with Gasteiger partial charge >= 0.3 is 0 Å². The minimum Gasteiger partial charge on any atom is -0.135 e. The third-order valence-electron chi connectivity index (χ3n) is 14.5.